The van der Waals surface area contributed by atoms with E-state index in [-0.39, 0.29) is 11.9 Å². The molecule has 2 heterocycles. The summed E-state index contributed by atoms with van der Waals surface area (Å²) in [5.74, 6) is -0.642. The summed E-state index contributed by atoms with van der Waals surface area (Å²) < 4.78 is 4.97. The Morgan fingerprint density at radius 1 is 1.41 bits per heavy atom. The fraction of sp³-hybridized carbons (Fsp3) is 0.188. The number of ether oxygens (including phenoxy) is 1. The van der Waals surface area contributed by atoms with Crippen LogP contribution in [-0.4, -0.2) is 23.5 Å². The average Bonchev–Trinajstić information content (AvgIpc) is 2.87. The highest BCUT2D eigenvalue weighted by atomic mass is 32.1. The zero-order valence-electron chi connectivity index (χ0n) is 12.3. The zero-order valence-corrected chi connectivity index (χ0v) is 13.1. The summed E-state index contributed by atoms with van der Waals surface area (Å²) in [6, 6.07) is 7.21. The van der Waals surface area contributed by atoms with Crippen LogP contribution in [0.1, 0.15) is 27.9 Å². The number of esters is 1. The number of pyridine rings is 1. The van der Waals surface area contributed by atoms with Crippen LogP contribution in [0.5, 0.6) is 0 Å². The summed E-state index contributed by atoms with van der Waals surface area (Å²) in [6.07, 6.45) is 4.69. The molecule has 0 spiro atoms. The van der Waals surface area contributed by atoms with Crippen LogP contribution >= 0.6 is 11.3 Å². The second-order valence-corrected chi connectivity index (χ2v) is 5.47. The maximum Gasteiger partial charge on any atom is 0.348 e. The minimum Gasteiger partial charge on any atom is -0.462 e. The van der Waals surface area contributed by atoms with E-state index in [1.165, 1.54) is 17.4 Å². The average molecular weight is 316 g/mol. The molecular formula is C16H16N2O3S. The van der Waals surface area contributed by atoms with Crippen molar-refractivity contribution in [2.75, 3.05) is 11.9 Å². The fourth-order valence-corrected chi connectivity index (χ4v) is 2.71. The van der Waals surface area contributed by atoms with Crippen molar-refractivity contribution in [3.05, 3.63) is 52.7 Å². The molecule has 0 unspecified atom stereocenters. The molecule has 0 aliphatic rings. The summed E-state index contributed by atoms with van der Waals surface area (Å²) in [4.78, 5) is 28.2. The largest absolute Gasteiger partial charge is 0.462 e. The molecule has 1 N–H and O–H groups in total. The van der Waals surface area contributed by atoms with E-state index in [9.17, 15) is 9.59 Å². The molecule has 0 atom stereocenters. The highest BCUT2D eigenvalue weighted by Crippen LogP contribution is 2.27. The van der Waals surface area contributed by atoms with E-state index in [4.69, 9.17) is 4.74 Å². The predicted molar refractivity (Wildman–Crippen MR) is 86.9 cm³/mol. The van der Waals surface area contributed by atoms with Crippen LogP contribution in [0.25, 0.3) is 6.08 Å². The maximum atomic E-state index is 11.9. The third kappa shape index (κ3) is 4.26. The number of hydrogen-bond donors (Lipinski definition) is 1. The minimum absolute atomic E-state index is 0.276. The molecule has 0 aliphatic heterocycles. The number of thiophene rings is 1. The molecule has 2 aromatic heterocycles. The number of rotatable bonds is 5. The van der Waals surface area contributed by atoms with Crippen LogP contribution in [0, 0.1) is 6.92 Å². The Morgan fingerprint density at radius 2 is 2.23 bits per heavy atom. The Morgan fingerprint density at radius 3 is 2.91 bits per heavy atom. The highest BCUT2D eigenvalue weighted by Gasteiger charge is 2.15. The minimum atomic E-state index is -0.366. The summed E-state index contributed by atoms with van der Waals surface area (Å²) >= 11 is 1.20. The Hall–Kier alpha value is -2.47. The van der Waals surface area contributed by atoms with Gasteiger partial charge in [-0.15, -0.1) is 11.3 Å². The van der Waals surface area contributed by atoms with Gasteiger partial charge in [0.2, 0.25) is 5.91 Å². The lowest BCUT2D eigenvalue weighted by molar-refractivity contribution is -0.111. The molecule has 0 saturated heterocycles. The molecule has 6 heteroatoms. The smallest absolute Gasteiger partial charge is 0.348 e. The number of anilines is 1. The van der Waals surface area contributed by atoms with Gasteiger partial charge >= 0.3 is 5.97 Å². The second-order valence-electron chi connectivity index (χ2n) is 4.42. The topological polar surface area (TPSA) is 68.3 Å². The summed E-state index contributed by atoms with van der Waals surface area (Å²) in [5, 5.41) is 3.34. The number of aryl methyl sites for hydroxylation is 1. The Bertz CT molecular complexity index is 693. The molecule has 22 heavy (non-hydrogen) atoms. The standard InChI is InChI=1S/C16H16N2O3S/c1-3-21-16(20)15-11(2)10-14(22-15)18-13(19)8-7-12-6-4-5-9-17-12/h4-10H,3H2,1-2H3,(H,18,19)/b8-7+. The molecular weight excluding hydrogens is 300 g/mol. The van der Waals surface area contributed by atoms with Gasteiger partial charge in [-0.3, -0.25) is 9.78 Å². The van der Waals surface area contributed by atoms with Crippen molar-refractivity contribution >= 4 is 34.3 Å². The number of nitrogens with one attached hydrogen (secondary N) is 1. The van der Waals surface area contributed by atoms with Crippen molar-refractivity contribution in [3.8, 4) is 0 Å². The maximum absolute atomic E-state index is 11.9. The molecule has 1 amide bonds. The van der Waals surface area contributed by atoms with E-state index in [1.807, 2.05) is 19.1 Å². The number of carbonyl (C=O) groups excluding carboxylic acids is 2. The number of amides is 1. The Kier molecular flexibility index (Phi) is 5.43. The van der Waals surface area contributed by atoms with Crippen LogP contribution in [0.2, 0.25) is 0 Å². The van der Waals surface area contributed by atoms with Crippen LogP contribution in [0.4, 0.5) is 5.00 Å². The van der Waals surface area contributed by atoms with E-state index in [0.717, 1.165) is 5.56 Å². The van der Waals surface area contributed by atoms with Gasteiger partial charge in [0.05, 0.1) is 17.3 Å². The molecule has 0 aromatic carbocycles. The van der Waals surface area contributed by atoms with Gasteiger partial charge in [0, 0.05) is 12.3 Å². The second kappa shape index (κ2) is 7.51. The van der Waals surface area contributed by atoms with Crippen molar-refractivity contribution in [2.24, 2.45) is 0 Å². The first-order valence-electron chi connectivity index (χ1n) is 6.77. The molecule has 2 rings (SSSR count). The summed E-state index contributed by atoms with van der Waals surface area (Å²) in [5.41, 5.74) is 1.49. The van der Waals surface area contributed by atoms with Crippen LogP contribution < -0.4 is 5.32 Å². The normalized spacial score (nSPS) is 10.6. The lowest BCUT2D eigenvalue weighted by atomic mass is 10.3. The van der Waals surface area contributed by atoms with Gasteiger partial charge in [-0.05, 0) is 43.7 Å². The molecule has 2 aromatic rings. The van der Waals surface area contributed by atoms with E-state index in [1.54, 1.807) is 31.3 Å². The number of aromatic nitrogens is 1. The van der Waals surface area contributed by atoms with E-state index < -0.39 is 0 Å². The van der Waals surface area contributed by atoms with Gasteiger partial charge < -0.3 is 10.1 Å². The van der Waals surface area contributed by atoms with Crippen molar-refractivity contribution < 1.29 is 14.3 Å². The first-order valence-corrected chi connectivity index (χ1v) is 7.59. The van der Waals surface area contributed by atoms with Crippen LogP contribution in [-0.2, 0) is 9.53 Å². The van der Waals surface area contributed by atoms with Crippen LogP contribution in [0.3, 0.4) is 0 Å². The van der Waals surface area contributed by atoms with Gasteiger partial charge in [0.1, 0.15) is 4.88 Å². The zero-order chi connectivity index (χ0) is 15.9. The van der Waals surface area contributed by atoms with Crippen LogP contribution in [0.15, 0.2) is 36.5 Å². The van der Waals surface area contributed by atoms with E-state index in [0.29, 0.717) is 22.2 Å². The monoisotopic (exact) mass is 316 g/mol. The van der Waals surface area contributed by atoms with Gasteiger partial charge in [-0.25, -0.2) is 4.79 Å². The quantitative estimate of drug-likeness (QED) is 0.679. The van der Waals surface area contributed by atoms with Crippen molar-refractivity contribution in [3.63, 3.8) is 0 Å². The van der Waals surface area contributed by atoms with Gasteiger partial charge in [0.15, 0.2) is 0 Å². The van der Waals surface area contributed by atoms with Crippen molar-refractivity contribution in [1.29, 1.82) is 0 Å². The Balaban J connectivity index is 2.02. The van der Waals surface area contributed by atoms with Gasteiger partial charge in [-0.2, -0.15) is 0 Å². The Labute approximate surface area is 132 Å². The number of carbonyl (C=O) groups is 2. The number of nitrogens with zero attached hydrogens (tertiary/aromatic N) is 1. The SMILES string of the molecule is CCOC(=O)c1sc(NC(=O)/C=C/c2ccccn2)cc1C. The van der Waals surface area contributed by atoms with Gasteiger partial charge in [-0.1, -0.05) is 6.07 Å². The molecule has 114 valence electrons. The van der Waals surface area contributed by atoms with E-state index in [2.05, 4.69) is 10.3 Å². The van der Waals surface area contributed by atoms with Crippen molar-refractivity contribution in [2.45, 2.75) is 13.8 Å². The fourth-order valence-electron chi connectivity index (χ4n) is 1.74. The third-order valence-corrected chi connectivity index (χ3v) is 3.85. The molecule has 0 bridgehead atoms. The molecule has 0 fully saturated rings. The highest BCUT2D eigenvalue weighted by molar-refractivity contribution is 7.18. The first kappa shape index (κ1) is 15.9. The summed E-state index contributed by atoms with van der Waals surface area (Å²) in [6.45, 7) is 3.89. The van der Waals surface area contributed by atoms with Gasteiger partial charge in [0.25, 0.3) is 0 Å². The first-order chi connectivity index (χ1) is 10.6. The molecule has 0 aliphatic carbocycles. The lowest BCUT2D eigenvalue weighted by Gasteiger charge is -1.99. The molecule has 0 radical (unpaired) electrons. The van der Waals surface area contributed by atoms with E-state index >= 15 is 0 Å². The molecule has 5 nitrogen and oxygen atoms in total. The van der Waals surface area contributed by atoms with Crippen molar-refractivity contribution in [1.82, 2.24) is 4.98 Å². The molecule has 0 saturated carbocycles. The lowest BCUT2D eigenvalue weighted by Crippen LogP contribution is -2.06. The third-order valence-electron chi connectivity index (χ3n) is 2.72. The predicted octanol–water partition coefficient (Wildman–Crippen LogP) is 3.28. The number of hydrogen-bond acceptors (Lipinski definition) is 5. The summed E-state index contributed by atoms with van der Waals surface area (Å²) in [7, 11) is 0.